The van der Waals surface area contributed by atoms with Gasteiger partial charge in [-0.25, -0.2) is 0 Å². The number of hydrogen-bond donors (Lipinski definition) is 2. The van der Waals surface area contributed by atoms with Crippen molar-refractivity contribution in [2.24, 2.45) is 0 Å². The van der Waals surface area contributed by atoms with Gasteiger partial charge in [0.15, 0.2) is 5.11 Å². The molecule has 5 nitrogen and oxygen atoms in total. The summed E-state index contributed by atoms with van der Waals surface area (Å²) in [6.45, 7) is 0. The molecule has 154 valence electrons. The van der Waals surface area contributed by atoms with Gasteiger partial charge in [0.2, 0.25) is 0 Å². The quantitative estimate of drug-likeness (QED) is 0.369. The first-order valence-electron chi connectivity index (χ1n) is 9.85. The van der Waals surface area contributed by atoms with Crippen LogP contribution >= 0.6 is 28.1 Å². The predicted octanol–water partition coefficient (Wildman–Crippen LogP) is 5.52. The van der Waals surface area contributed by atoms with Crippen molar-refractivity contribution in [2.75, 3.05) is 4.90 Å². The fourth-order valence-corrected chi connectivity index (χ4v) is 4.80. The Morgan fingerprint density at radius 2 is 1.81 bits per heavy atom. The lowest BCUT2D eigenvalue weighted by molar-refractivity contribution is 0.472. The number of anilines is 1. The summed E-state index contributed by atoms with van der Waals surface area (Å²) in [5, 5.41) is 14.6. The molecule has 2 aromatic carbocycles. The van der Waals surface area contributed by atoms with Crippen LogP contribution in [0.1, 0.15) is 23.5 Å². The third kappa shape index (κ3) is 3.60. The lowest BCUT2D eigenvalue weighted by Crippen LogP contribution is -2.30. The van der Waals surface area contributed by atoms with E-state index in [0.717, 1.165) is 21.5 Å². The normalized spacial score (nSPS) is 18.2. The molecular formula is C24H19BrN4OS. The van der Waals surface area contributed by atoms with Gasteiger partial charge in [0.05, 0.1) is 17.4 Å². The van der Waals surface area contributed by atoms with Crippen molar-refractivity contribution in [3.05, 3.63) is 107 Å². The molecule has 2 atom stereocenters. The molecule has 31 heavy (non-hydrogen) atoms. The summed E-state index contributed by atoms with van der Waals surface area (Å²) in [5.41, 5.74) is 3.61. The number of aromatic hydroxyl groups is 1. The minimum absolute atomic E-state index is 0.180. The van der Waals surface area contributed by atoms with Crippen LogP contribution in [0.3, 0.4) is 0 Å². The second-order valence-corrected chi connectivity index (χ2v) is 8.57. The standard InChI is InChI=1S/C24H19BrN4OS/c25-16-7-5-8-17(15-16)28-14-6-11-20(28)23-22(18-9-3-4-13-26-18)27-24(31)29(23)19-10-1-2-12-21(19)30/h1-15,22-23,30H,(H,27,31)/t22-,23+/m1/s1. The molecule has 4 aromatic rings. The third-order valence-corrected chi connectivity index (χ3v) is 6.22. The molecular weight excluding hydrogens is 472 g/mol. The topological polar surface area (TPSA) is 53.3 Å². The number of benzene rings is 2. The van der Waals surface area contributed by atoms with Crippen molar-refractivity contribution in [2.45, 2.75) is 12.1 Å². The zero-order chi connectivity index (χ0) is 21.4. The number of nitrogens with one attached hydrogen (secondary N) is 1. The van der Waals surface area contributed by atoms with Crippen LogP contribution in [0, 0.1) is 0 Å². The summed E-state index contributed by atoms with van der Waals surface area (Å²) in [5.74, 6) is 0.180. The Morgan fingerprint density at radius 3 is 2.58 bits per heavy atom. The second-order valence-electron chi connectivity index (χ2n) is 7.27. The van der Waals surface area contributed by atoms with Gasteiger partial charge in [-0.15, -0.1) is 0 Å². The van der Waals surface area contributed by atoms with Crippen molar-refractivity contribution in [3.63, 3.8) is 0 Å². The van der Waals surface area contributed by atoms with Crippen molar-refractivity contribution in [1.82, 2.24) is 14.9 Å². The Labute approximate surface area is 194 Å². The number of para-hydroxylation sites is 2. The summed E-state index contributed by atoms with van der Waals surface area (Å²) in [6.07, 6.45) is 3.82. The molecule has 0 bridgehead atoms. The number of pyridine rings is 1. The molecule has 1 saturated heterocycles. The van der Waals surface area contributed by atoms with E-state index < -0.39 is 0 Å². The molecule has 2 aromatic heterocycles. The van der Waals surface area contributed by atoms with Crippen LogP contribution in [0.25, 0.3) is 5.69 Å². The first-order chi connectivity index (χ1) is 15.1. The number of phenols is 1. The SMILES string of the molecule is Oc1ccccc1N1C(=S)N[C@H](c2ccccn2)[C@@H]1c1cccn1-c1cccc(Br)c1. The molecule has 0 aliphatic carbocycles. The lowest BCUT2D eigenvalue weighted by atomic mass is 10.0. The highest BCUT2D eigenvalue weighted by atomic mass is 79.9. The molecule has 1 fully saturated rings. The summed E-state index contributed by atoms with van der Waals surface area (Å²) in [4.78, 5) is 6.57. The number of rotatable bonds is 4. The van der Waals surface area contributed by atoms with Crippen molar-refractivity contribution in [3.8, 4) is 11.4 Å². The van der Waals surface area contributed by atoms with Crippen LogP contribution in [0.4, 0.5) is 5.69 Å². The highest BCUT2D eigenvalue weighted by Gasteiger charge is 2.42. The number of hydrogen-bond acceptors (Lipinski definition) is 3. The number of halogens is 1. The van der Waals surface area contributed by atoms with E-state index in [1.165, 1.54) is 0 Å². The Kier molecular flexibility index (Phi) is 5.21. The minimum atomic E-state index is -0.218. The molecule has 0 saturated carbocycles. The molecule has 2 N–H and O–H groups in total. The number of phenolic OH excluding ortho intramolecular Hbond substituents is 1. The molecule has 0 unspecified atom stereocenters. The fraction of sp³-hybridized carbons (Fsp3) is 0.0833. The molecule has 3 heterocycles. The van der Waals surface area contributed by atoms with Crippen molar-refractivity contribution < 1.29 is 5.11 Å². The van der Waals surface area contributed by atoms with Crippen LogP contribution in [0.5, 0.6) is 5.75 Å². The van der Waals surface area contributed by atoms with E-state index in [2.05, 4.69) is 49.0 Å². The van der Waals surface area contributed by atoms with Crippen LogP contribution in [-0.2, 0) is 0 Å². The zero-order valence-electron chi connectivity index (χ0n) is 16.4. The Balaban J connectivity index is 1.69. The van der Waals surface area contributed by atoms with E-state index in [-0.39, 0.29) is 17.8 Å². The molecule has 1 aliphatic rings. The monoisotopic (exact) mass is 490 g/mol. The molecule has 1 aliphatic heterocycles. The minimum Gasteiger partial charge on any atom is -0.506 e. The van der Waals surface area contributed by atoms with E-state index in [1.54, 1.807) is 18.3 Å². The summed E-state index contributed by atoms with van der Waals surface area (Å²) < 4.78 is 3.15. The van der Waals surface area contributed by atoms with Crippen LogP contribution in [0.2, 0.25) is 0 Å². The summed E-state index contributed by atoms with van der Waals surface area (Å²) in [7, 11) is 0. The van der Waals surface area contributed by atoms with Crippen LogP contribution < -0.4 is 10.2 Å². The first kappa shape index (κ1) is 19.8. The zero-order valence-corrected chi connectivity index (χ0v) is 18.8. The third-order valence-electron chi connectivity index (χ3n) is 5.41. The van der Waals surface area contributed by atoms with Crippen molar-refractivity contribution >= 4 is 38.9 Å². The van der Waals surface area contributed by atoms with E-state index in [1.807, 2.05) is 59.6 Å². The lowest BCUT2D eigenvalue weighted by Gasteiger charge is -2.29. The van der Waals surface area contributed by atoms with Gasteiger partial charge in [0.1, 0.15) is 11.8 Å². The van der Waals surface area contributed by atoms with E-state index >= 15 is 0 Å². The van der Waals surface area contributed by atoms with Gasteiger partial charge in [0.25, 0.3) is 0 Å². The maximum absolute atomic E-state index is 10.6. The van der Waals surface area contributed by atoms with E-state index in [9.17, 15) is 5.11 Å². The maximum Gasteiger partial charge on any atom is 0.174 e. The predicted molar refractivity (Wildman–Crippen MR) is 130 cm³/mol. The van der Waals surface area contributed by atoms with Gasteiger partial charge >= 0.3 is 0 Å². The molecule has 0 radical (unpaired) electrons. The largest absolute Gasteiger partial charge is 0.506 e. The van der Waals surface area contributed by atoms with Gasteiger partial charge in [-0.05, 0) is 66.8 Å². The average Bonchev–Trinajstić information content (AvgIpc) is 3.39. The van der Waals surface area contributed by atoms with E-state index in [0.29, 0.717) is 10.8 Å². The molecule has 0 spiro atoms. The highest BCUT2D eigenvalue weighted by Crippen LogP contribution is 2.44. The van der Waals surface area contributed by atoms with Gasteiger partial charge in [-0.1, -0.05) is 40.2 Å². The summed E-state index contributed by atoms with van der Waals surface area (Å²) in [6, 6.07) is 25.0. The van der Waals surface area contributed by atoms with Gasteiger partial charge < -0.3 is 19.9 Å². The van der Waals surface area contributed by atoms with Crippen LogP contribution in [-0.4, -0.2) is 19.8 Å². The second kappa shape index (κ2) is 8.17. The molecule has 7 heteroatoms. The highest BCUT2D eigenvalue weighted by molar-refractivity contribution is 9.10. The number of thiocarbonyl (C=S) groups is 1. The Bertz CT molecular complexity index is 1240. The maximum atomic E-state index is 10.6. The first-order valence-corrected chi connectivity index (χ1v) is 11.1. The van der Waals surface area contributed by atoms with Gasteiger partial charge in [-0.3, -0.25) is 4.98 Å². The Morgan fingerprint density at radius 1 is 0.968 bits per heavy atom. The average molecular weight is 491 g/mol. The fourth-order valence-electron chi connectivity index (χ4n) is 4.08. The Hall–Kier alpha value is -3.16. The van der Waals surface area contributed by atoms with Crippen molar-refractivity contribution in [1.29, 1.82) is 0 Å². The number of aromatic nitrogens is 2. The van der Waals surface area contributed by atoms with Gasteiger partial charge in [-0.2, -0.15) is 0 Å². The summed E-state index contributed by atoms with van der Waals surface area (Å²) >= 11 is 9.32. The van der Waals surface area contributed by atoms with Gasteiger partial charge in [0, 0.05) is 28.2 Å². The molecule has 0 amide bonds. The van der Waals surface area contributed by atoms with E-state index in [4.69, 9.17) is 12.2 Å². The molecule has 5 rings (SSSR count). The smallest absolute Gasteiger partial charge is 0.174 e. The number of nitrogens with zero attached hydrogens (tertiary/aromatic N) is 3. The van der Waals surface area contributed by atoms with Crippen LogP contribution in [0.15, 0.2) is 95.7 Å².